The van der Waals surface area contributed by atoms with Crippen LogP contribution in [0.2, 0.25) is 0 Å². The highest BCUT2D eigenvalue weighted by Crippen LogP contribution is 2.31. The molecule has 0 aromatic heterocycles. The Morgan fingerprint density at radius 1 is 0.952 bits per heavy atom. The molecule has 0 amide bonds. The fourth-order valence-corrected chi connectivity index (χ4v) is 3.17. The van der Waals surface area contributed by atoms with E-state index in [1.54, 1.807) is 0 Å². The maximum Gasteiger partial charge on any atom is 0.0320 e. The Kier molecular flexibility index (Phi) is 6.04. The van der Waals surface area contributed by atoms with Crippen molar-refractivity contribution in [2.24, 2.45) is 11.3 Å². The fraction of sp³-hybridized carbons (Fsp3) is 0.700. The van der Waals surface area contributed by atoms with Gasteiger partial charge in [-0.05, 0) is 47.8 Å². The molecule has 0 spiro atoms. The molecule has 1 heteroatoms. The molecule has 0 aliphatic heterocycles. The lowest BCUT2D eigenvalue weighted by atomic mass is 9.81. The van der Waals surface area contributed by atoms with Crippen LogP contribution in [0.3, 0.4) is 0 Å². The molecule has 0 saturated heterocycles. The van der Waals surface area contributed by atoms with Crippen molar-refractivity contribution in [3.05, 3.63) is 35.4 Å². The van der Waals surface area contributed by atoms with Crippen LogP contribution in [0.25, 0.3) is 0 Å². The van der Waals surface area contributed by atoms with Crippen LogP contribution in [-0.2, 0) is 5.41 Å². The Balaban J connectivity index is 2.76. The summed E-state index contributed by atoms with van der Waals surface area (Å²) in [4.78, 5) is 0. The smallest absolute Gasteiger partial charge is 0.0320 e. The molecule has 0 bridgehead atoms. The third-order valence-electron chi connectivity index (χ3n) is 4.13. The number of nitrogens with one attached hydrogen (secondary N) is 1. The van der Waals surface area contributed by atoms with Crippen LogP contribution < -0.4 is 5.32 Å². The Labute approximate surface area is 132 Å². The first-order valence-electron chi connectivity index (χ1n) is 8.30. The van der Waals surface area contributed by atoms with Crippen molar-refractivity contribution in [1.82, 2.24) is 5.32 Å². The number of hydrogen-bond donors (Lipinski definition) is 1. The Bertz CT molecular complexity index is 417. The highest BCUT2D eigenvalue weighted by Gasteiger charge is 2.20. The fourth-order valence-electron chi connectivity index (χ4n) is 3.17. The minimum absolute atomic E-state index is 0.229. The Hall–Kier alpha value is -0.820. The average molecular weight is 290 g/mol. The van der Waals surface area contributed by atoms with Gasteiger partial charge in [-0.15, -0.1) is 0 Å². The van der Waals surface area contributed by atoms with Crippen molar-refractivity contribution in [2.75, 3.05) is 7.05 Å². The topological polar surface area (TPSA) is 12.0 Å². The molecule has 0 aliphatic rings. The van der Waals surface area contributed by atoms with E-state index >= 15 is 0 Å². The zero-order chi connectivity index (χ0) is 16.3. The molecular weight excluding hydrogens is 254 g/mol. The van der Waals surface area contributed by atoms with E-state index in [1.807, 2.05) is 0 Å². The summed E-state index contributed by atoms with van der Waals surface area (Å²) in [5.74, 6) is 0.727. The molecule has 2 unspecified atom stereocenters. The SMILES string of the molecule is CNC(CC(C)CC(C)(C)C)c1ccc(C(C)(C)C)cc1. The van der Waals surface area contributed by atoms with Crippen LogP contribution in [0.15, 0.2) is 24.3 Å². The highest BCUT2D eigenvalue weighted by molar-refractivity contribution is 5.29. The predicted octanol–water partition coefficient (Wildman–Crippen LogP) is 5.71. The molecule has 0 radical (unpaired) electrons. The first-order chi connectivity index (χ1) is 9.53. The van der Waals surface area contributed by atoms with E-state index in [2.05, 4.69) is 85.1 Å². The predicted molar refractivity (Wildman–Crippen MR) is 94.8 cm³/mol. The molecule has 1 N–H and O–H groups in total. The maximum absolute atomic E-state index is 3.49. The summed E-state index contributed by atoms with van der Waals surface area (Å²) in [7, 11) is 2.08. The molecule has 0 heterocycles. The van der Waals surface area contributed by atoms with Crippen LogP contribution >= 0.6 is 0 Å². The summed E-state index contributed by atoms with van der Waals surface area (Å²) < 4.78 is 0. The molecule has 1 nitrogen and oxygen atoms in total. The molecule has 0 saturated carbocycles. The van der Waals surface area contributed by atoms with Gasteiger partial charge in [-0.1, -0.05) is 72.7 Å². The molecule has 1 aromatic carbocycles. The van der Waals surface area contributed by atoms with Crippen molar-refractivity contribution in [1.29, 1.82) is 0 Å². The van der Waals surface area contributed by atoms with E-state index in [0.717, 1.165) is 5.92 Å². The monoisotopic (exact) mass is 289 g/mol. The van der Waals surface area contributed by atoms with Crippen LogP contribution in [-0.4, -0.2) is 7.05 Å². The van der Waals surface area contributed by atoms with Crippen LogP contribution in [0.4, 0.5) is 0 Å². The van der Waals surface area contributed by atoms with Gasteiger partial charge in [0.15, 0.2) is 0 Å². The summed E-state index contributed by atoms with van der Waals surface area (Å²) in [5, 5.41) is 3.49. The summed E-state index contributed by atoms with van der Waals surface area (Å²) >= 11 is 0. The lowest BCUT2D eigenvalue weighted by molar-refractivity contribution is 0.279. The van der Waals surface area contributed by atoms with Crippen molar-refractivity contribution >= 4 is 0 Å². The van der Waals surface area contributed by atoms with Gasteiger partial charge in [-0.3, -0.25) is 0 Å². The summed E-state index contributed by atoms with van der Waals surface area (Å²) in [6, 6.07) is 9.62. The van der Waals surface area contributed by atoms with Gasteiger partial charge >= 0.3 is 0 Å². The normalized spacial score (nSPS) is 15.8. The quantitative estimate of drug-likeness (QED) is 0.732. The third-order valence-corrected chi connectivity index (χ3v) is 4.13. The van der Waals surface area contributed by atoms with E-state index in [0.29, 0.717) is 11.5 Å². The van der Waals surface area contributed by atoms with E-state index in [4.69, 9.17) is 0 Å². The maximum atomic E-state index is 3.49. The molecule has 21 heavy (non-hydrogen) atoms. The summed E-state index contributed by atoms with van der Waals surface area (Å²) in [6.07, 6.45) is 2.47. The average Bonchev–Trinajstić information content (AvgIpc) is 2.33. The van der Waals surface area contributed by atoms with Crippen molar-refractivity contribution < 1.29 is 0 Å². The lowest BCUT2D eigenvalue weighted by Crippen LogP contribution is -2.21. The second-order valence-electron chi connectivity index (χ2n) is 8.82. The highest BCUT2D eigenvalue weighted by atomic mass is 14.9. The largest absolute Gasteiger partial charge is 0.313 e. The van der Waals surface area contributed by atoms with Gasteiger partial charge in [-0.2, -0.15) is 0 Å². The molecule has 0 aliphatic carbocycles. The zero-order valence-corrected chi connectivity index (χ0v) is 15.4. The van der Waals surface area contributed by atoms with Gasteiger partial charge < -0.3 is 5.32 Å². The van der Waals surface area contributed by atoms with Crippen molar-refractivity contribution in [3.63, 3.8) is 0 Å². The van der Waals surface area contributed by atoms with Gasteiger partial charge in [0.25, 0.3) is 0 Å². The minimum Gasteiger partial charge on any atom is -0.313 e. The van der Waals surface area contributed by atoms with Crippen LogP contribution in [0.1, 0.15) is 78.5 Å². The van der Waals surface area contributed by atoms with Crippen molar-refractivity contribution in [3.8, 4) is 0 Å². The first kappa shape index (κ1) is 18.2. The second kappa shape index (κ2) is 6.96. The third kappa shape index (κ3) is 6.22. The first-order valence-corrected chi connectivity index (χ1v) is 8.30. The molecule has 2 atom stereocenters. The Morgan fingerprint density at radius 2 is 1.48 bits per heavy atom. The van der Waals surface area contributed by atoms with Crippen LogP contribution in [0, 0.1) is 11.3 Å². The molecule has 1 aromatic rings. The molecule has 1 rings (SSSR count). The molecule has 120 valence electrons. The van der Waals surface area contributed by atoms with Crippen molar-refractivity contribution in [2.45, 2.75) is 72.8 Å². The standard InChI is InChI=1S/C20H35N/c1-15(14-19(2,3)4)13-18(21-8)16-9-11-17(12-10-16)20(5,6)7/h9-12,15,18,21H,13-14H2,1-8H3. The van der Waals surface area contributed by atoms with E-state index in [-0.39, 0.29) is 5.41 Å². The minimum atomic E-state index is 0.229. The summed E-state index contributed by atoms with van der Waals surface area (Å²) in [5.41, 5.74) is 3.45. The van der Waals surface area contributed by atoms with E-state index in [9.17, 15) is 0 Å². The number of hydrogen-bond acceptors (Lipinski definition) is 1. The van der Waals surface area contributed by atoms with Crippen LogP contribution in [0.5, 0.6) is 0 Å². The van der Waals surface area contributed by atoms with Gasteiger partial charge in [0.05, 0.1) is 0 Å². The second-order valence-corrected chi connectivity index (χ2v) is 8.82. The van der Waals surface area contributed by atoms with E-state index in [1.165, 1.54) is 24.0 Å². The number of benzene rings is 1. The molecule has 0 fully saturated rings. The molecular formula is C20H35N. The van der Waals surface area contributed by atoms with Gasteiger partial charge in [0.1, 0.15) is 0 Å². The Morgan fingerprint density at radius 3 is 1.86 bits per heavy atom. The van der Waals surface area contributed by atoms with Gasteiger partial charge in [-0.25, -0.2) is 0 Å². The van der Waals surface area contributed by atoms with Gasteiger partial charge in [0.2, 0.25) is 0 Å². The lowest BCUT2D eigenvalue weighted by Gasteiger charge is -2.27. The van der Waals surface area contributed by atoms with Gasteiger partial charge in [0, 0.05) is 6.04 Å². The summed E-state index contributed by atoms with van der Waals surface area (Å²) in [6.45, 7) is 16.2. The van der Waals surface area contributed by atoms with E-state index < -0.39 is 0 Å². The zero-order valence-electron chi connectivity index (χ0n) is 15.4. The number of rotatable bonds is 5.